The van der Waals surface area contributed by atoms with Crippen LogP contribution >= 0.6 is 0 Å². The van der Waals surface area contributed by atoms with Crippen LogP contribution in [0.1, 0.15) is 25.3 Å². The van der Waals surface area contributed by atoms with Crippen LogP contribution in [0.4, 0.5) is 0 Å². The van der Waals surface area contributed by atoms with E-state index in [1.807, 2.05) is 24.3 Å². The predicted molar refractivity (Wildman–Crippen MR) is 78.7 cm³/mol. The Bertz CT molecular complexity index is 520. The van der Waals surface area contributed by atoms with Gasteiger partial charge in [-0.2, -0.15) is 0 Å². The zero-order valence-electron chi connectivity index (χ0n) is 12.7. The van der Waals surface area contributed by atoms with Crippen molar-refractivity contribution in [2.75, 3.05) is 13.7 Å². The summed E-state index contributed by atoms with van der Waals surface area (Å²) < 4.78 is 9.83. The van der Waals surface area contributed by atoms with Crippen LogP contribution < -0.4 is 4.74 Å². The molecule has 1 atom stereocenters. The number of ether oxygens (including phenoxy) is 2. The molecule has 6 nitrogen and oxygen atoms in total. The summed E-state index contributed by atoms with van der Waals surface area (Å²) in [4.78, 5) is 34.0. The average Bonchev–Trinajstić information content (AvgIpc) is 2.51. The number of carboxylic acids is 1. The molecule has 1 rings (SSSR count). The number of aryl methyl sites for hydroxylation is 1. The lowest BCUT2D eigenvalue weighted by molar-refractivity contribution is -0.159. The number of carbonyl (C=O) groups excluding carboxylic acids is 2. The Balaban J connectivity index is 2.60. The van der Waals surface area contributed by atoms with E-state index in [1.165, 1.54) is 0 Å². The zero-order chi connectivity index (χ0) is 16.5. The van der Waals surface area contributed by atoms with Crippen molar-refractivity contribution >= 4 is 17.7 Å². The van der Waals surface area contributed by atoms with Gasteiger partial charge < -0.3 is 14.6 Å². The number of hydrogen-bond acceptors (Lipinski definition) is 5. The monoisotopic (exact) mass is 308 g/mol. The largest absolute Gasteiger partial charge is 0.497 e. The van der Waals surface area contributed by atoms with E-state index < -0.39 is 23.6 Å². The van der Waals surface area contributed by atoms with E-state index in [9.17, 15) is 14.4 Å². The summed E-state index contributed by atoms with van der Waals surface area (Å²) in [7, 11) is 1.58. The summed E-state index contributed by atoms with van der Waals surface area (Å²) in [5.41, 5.74) is 1.02. The first kappa shape index (κ1) is 17.7. The quantitative estimate of drug-likeness (QED) is 0.425. The van der Waals surface area contributed by atoms with Gasteiger partial charge in [-0.05, 0) is 43.9 Å². The molecule has 1 N–H and O–H groups in total. The van der Waals surface area contributed by atoms with Crippen molar-refractivity contribution in [1.29, 1.82) is 0 Å². The molecule has 120 valence electrons. The molecular weight excluding hydrogens is 288 g/mol. The number of rotatable bonds is 9. The standard InChI is InChI=1S/C16H20O6/c1-3-22-16(20)13(14(17)15(18)19)6-4-5-11-7-9-12(21-2)10-8-11/h7-10,13H,3-6H2,1-2H3,(H,18,19). The van der Waals surface area contributed by atoms with Crippen molar-refractivity contribution in [2.45, 2.75) is 26.2 Å². The van der Waals surface area contributed by atoms with Gasteiger partial charge >= 0.3 is 11.9 Å². The Hall–Kier alpha value is -2.37. The topological polar surface area (TPSA) is 89.9 Å². The number of ketones is 1. The molecule has 0 radical (unpaired) electrons. The Morgan fingerprint density at radius 3 is 2.32 bits per heavy atom. The molecule has 0 saturated heterocycles. The molecule has 22 heavy (non-hydrogen) atoms. The van der Waals surface area contributed by atoms with Gasteiger partial charge in [-0.3, -0.25) is 9.59 Å². The second-order valence-corrected chi connectivity index (χ2v) is 4.71. The third-order valence-corrected chi connectivity index (χ3v) is 3.22. The van der Waals surface area contributed by atoms with Crippen LogP contribution in [0.25, 0.3) is 0 Å². The zero-order valence-corrected chi connectivity index (χ0v) is 12.7. The van der Waals surface area contributed by atoms with E-state index in [1.54, 1.807) is 14.0 Å². The molecule has 0 aliphatic rings. The van der Waals surface area contributed by atoms with E-state index in [-0.39, 0.29) is 13.0 Å². The van der Waals surface area contributed by atoms with Gasteiger partial charge in [0.25, 0.3) is 5.78 Å². The number of carbonyl (C=O) groups is 3. The highest BCUT2D eigenvalue weighted by atomic mass is 16.5. The highest BCUT2D eigenvalue weighted by Crippen LogP contribution is 2.16. The van der Waals surface area contributed by atoms with Gasteiger partial charge in [0, 0.05) is 0 Å². The van der Waals surface area contributed by atoms with E-state index in [2.05, 4.69) is 0 Å². The minimum absolute atomic E-state index is 0.112. The first-order chi connectivity index (χ1) is 10.5. The number of esters is 1. The van der Waals surface area contributed by atoms with Crippen LogP contribution in [0.5, 0.6) is 5.75 Å². The molecule has 0 saturated carbocycles. The first-order valence-corrected chi connectivity index (χ1v) is 7.06. The Morgan fingerprint density at radius 2 is 1.82 bits per heavy atom. The SMILES string of the molecule is CCOC(=O)C(CCCc1ccc(OC)cc1)C(=O)C(=O)O. The molecule has 6 heteroatoms. The smallest absolute Gasteiger partial charge is 0.373 e. The highest BCUT2D eigenvalue weighted by Gasteiger charge is 2.32. The van der Waals surface area contributed by atoms with Gasteiger partial charge in [0.05, 0.1) is 13.7 Å². The van der Waals surface area contributed by atoms with Crippen molar-refractivity contribution in [3.63, 3.8) is 0 Å². The van der Waals surface area contributed by atoms with E-state index in [0.717, 1.165) is 11.3 Å². The molecule has 0 aromatic heterocycles. The Labute approximate surface area is 129 Å². The van der Waals surface area contributed by atoms with Crippen molar-refractivity contribution < 1.29 is 29.0 Å². The average molecular weight is 308 g/mol. The molecule has 0 fully saturated rings. The van der Waals surface area contributed by atoms with Crippen molar-refractivity contribution in [1.82, 2.24) is 0 Å². The van der Waals surface area contributed by atoms with Gasteiger partial charge in [-0.25, -0.2) is 4.79 Å². The molecule has 0 bridgehead atoms. The Kier molecular flexibility index (Phi) is 7.08. The Morgan fingerprint density at radius 1 is 1.18 bits per heavy atom. The number of carboxylic acid groups (broad SMARTS) is 1. The predicted octanol–water partition coefficient (Wildman–Crippen LogP) is 1.85. The third-order valence-electron chi connectivity index (χ3n) is 3.22. The van der Waals surface area contributed by atoms with Crippen molar-refractivity contribution in [3.8, 4) is 5.75 Å². The maximum absolute atomic E-state index is 11.7. The lowest BCUT2D eigenvalue weighted by Gasteiger charge is -2.12. The van der Waals surface area contributed by atoms with Crippen LogP contribution in [-0.2, 0) is 25.5 Å². The maximum Gasteiger partial charge on any atom is 0.373 e. The molecule has 0 aliphatic carbocycles. The van der Waals surface area contributed by atoms with Crippen LogP contribution in [0.2, 0.25) is 0 Å². The minimum atomic E-state index is -1.61. The summed E-state index contributed by atoms with van der Waals surface area (Å²) in [6.07, 6.45) is 1.29. The lowest BCUT2D eigenvalue weighted by Crippen LogP contribution is -2.31. The number of benzene rings is 1. The molecule has 0 spiro atoms. The van der Waals surface area contributed by atoms with Gasteiger partial charge in [-0.15, -0.1) is 0 Å². The number of Topliss-reactive ketones (excluding diaryl/α,β-unsaturated/α-hetero) is 1. The fraction of sp³-hybridized carbons (Fsp3) is 0.438. The fourth-order valence-corrected chi connectivity index (χ4v) is 2.05. The number of methoxy groups -OCH3 is 1. The van der Waals surface area contributed by atoms with Crippen molar-refractivity contribution in [3.05, 3.63) is 29.8 Å². The molecule has 0 aliphatic heterocycles. The van der Waals surface area contributed by atoms with E-state index >= 15 is 0 Å². The van der Waals surface area contributed by atoms with E-state index in [4.69, 9.17) is 14.6 Å². The van der Waals surface area contributed by atoms with Gasteiger partial charge in [-0.1, -0.05) is 12.1 Å². The second-order valence-electron chi connectivity index (χ2n) is 4.71. The van der Waals surface area contributed by atoms with Crippen LogP contribution in [-0.4, -0.2) is 36.5 Å². The van der Waals surface area contributed by atoms with E-state index in [0.29, 0.717) is 12.8 Å². The summed E-state index contributed by atoms with van der Waals surface area (Å²) in [6.45, 7) is 1.72. The highest BCUT2D eigenvalue weighted by molar-refractivity contribution is 6.37. The molecule has 0 heterocycles. The lowest BCUT2D eigenvalue weighted by atomic mass is 9.95. The second kappa shape index (κ2) is 8.81. The molecule has 0 amide bonds. The molecular formula is C16H20O6. The van der Waals surface area contributed by atoms with Gasteiger partial charge in [0.1, 0.15) is 11.7 Å². The first-order valence-electron chi connectivity index (χ1n) is 7.06. The summed E-state index contributed by atoms with van der Waals surface area (Å²) in [6, 6.07) is 7.41. The van der Waals surface area contributed by atoms with Gasteiger partial charge in [0.15, 0.2) is 0 Å². The normalized spacial score (nSPS) is 11.5. The molecule has 1 aromatic rings. The minimum Gasteiger partial charge on any atom is -0.497 e. The summed E-state index contributed by atoms with van der Waals surface area (Å²) in [5, 5.41) is 8.77. The number of hydrogen-bond donors (Lipinski definition) is 1. The van der Waals surface area contributed by atoms with Crippen LogP contribution in [0, 0.1) is 5.92 Å². The molecule has 1 aromatic carbocycles. The maximum atomic E-state index is 11.7. The fourth-order valence-electron chi connectivity index (χ4n) is 2.05. The summed E-state index contributed by atoms with van der Waals surface area (Å²) in [5.74, 6) is -4.00. The third kappa shape index (κ3) is 5.20. The van der Waals surface area contributed by atoms with Crippen molar-refractivity contribution in [2.24, 2.45) is 5.92 Å². The summed E-state index contributed by atoms with van der Waals surface area (Å²) >= 11 is 0. The number of aliphatic carboxylic acids is 1. The molecule has 1 unspecified atom stereocenters. The van der Waals surface area contributed by atoms with Crippen LogP contribution in [0.3, 0.4) is 0 Å². The van der Waals surface area contributed by atoms with Crippen LogP contribution in [0.15, 0.2) is 24.3 Å². The van der Waals surface area contributed by atoms with Gasteiger partial charge in [0.2, 0.25) is 0 Å².